The zero-order valence-electron chi connectivity index (χ0n) is 12.4. The molecule has 0 aliphatic carbocycles. The summed E-state index contributed by atoms with van der Waals surface area (Å²) < 4.78 is 12.8. The second-order valence-electron chi connectivity index (χ2n) is 5.10. The number of amides is 1. The van der Waals surface area contributed by atoms with Crippen molar-refractivity contribution in [2.24, 2.45) is 5.73 Å². The molecule has 2 unspecified atom stereocenters. The van der Waals surface area contributed by atoms with E-state index < -0.39 is 12.1 Å². The number of aliphatic hydroxyl groups excluding tert-OH is 1. The van der Waals surface area contributed by atoms with Gasteiger partial charge in [-0.25, -0.2) is 4.39 Å². The molecule has 0 bridgehead atoms. The highest BCUT2D eigenvalue weighted by molar-refractivity contribution is 7.98. The summed E-state index contributed by atoms with van der Waals surface area (Å²) in [5.41, 5.74) is 6.41. The zero-order chi connectivity index (χ0) is 15.8. The van der Waals surface area contributed by atoms with Gasteiger partial charge in [0.15, 0.2) is 0 Å². The fourth-order valence-corrected chi connectivity index (χ4v) is 2.43. The smallest absolute Gasteiger partial charge is 0.237 e. The average molecular weight is 314 g/mol. The van der Waals surface area contributed by atoms with E-state index >= 15 is 0 Å². The van der Waals surface area contributed by atoms with Crippen LogP contribution in [0.2, 0.25) is 0 Å². The maximum absolute atomic E-state index is 12.8. The monoisotopic (exact) mass is 314 g/mol. The second-order valence-corrected chi connectivity index (χ2v) is 6.09. The molecule has 1 aromatic rings. The van der Waals surface area contributed by atoms with E-state index in [4.69, 9.17) is 5.73 Å². The van der Waals surface area contributed by atoms with Crippen molar-refractivity contribution in [3.63, 3.8) is 0 Å². The number of thioether (sulfide) groups is 1. The van der Waals surface area contributed by atoms with Crippen molar-refractivity contribution in [2.45, 2.75) is 38.0 Å². The molecule has 0 heterocycles. The van der Waals surface area contributed by atoms with Crippen LogP contribution in [0.1, 0.15) is 31.4 Å². The third-order valence-electron chi connectivity index (χ3n) is 3.19. The molecule has 1 amide bonds. The molecule has 4 nitrogen and oxygen atoms in total. The summed E-state index contributed by atoms with van der Waals surface area (Å²) in [5.74, 6) is 0.288. The minimum atomic E-state index is -0.747. The van der Waals surface area contributed by atoms with Gasteiger partial charge in [-0.2, -0.15) is 11.8 Å². The summed E-state index contributed by atoms with van der Waals surface area (Å²) in [6.07, 6.45) is 2.20. The van der Waals surface area contributed by atoms with Crippen LogP contribution in [0.4, 0.5) is 4.39 Å². The number of hydrogen-bond acceptors (Lipinski definition) is 4. The van der Waals surface area contributed by atoms with Gasteiger partial charge in [0.2, 0.25) is 5.91 Å². The van der Waals surface area contributed by atoms with Crippen LogP contribution in [0.3, 0.4) is 0 Å². The fraction of sp³-hybridized carbons (Fsp3) is 0.533. The van der Waals surface area contributed by atoms with Crippen LogP contribution in [0.5, 0.6) is 0 Å². The van der Waals surface area contributed by atoms with Gasteiger partial charge in [-0.1, -0.05) is 12.1 Å². The van der Waals surface area contributed by atoms with Crippen molar-refractivity contribution < 1.29 is 14.3 Å². The van der Waals surface area contributed by atoms with Crippen LogP contribution in [0.15, 0.2) is 24.3 Å². The second kappa shape index (κ2) is 9.02. The number of halogens is 1. The number of carbonyl (C=O) groups excluding carboxylic acids is 1. The molecule has 0 aliphatic rings. The number of nitrogens with two attached hydrogens (primary N) is 1. The van der Waals surface area contributed by atoms with Crippen LogP contribution in [0, 0.1) is 5.82 Å². The molecule has 0 aliphatic heterocycles. The first-order chi connectivity index (χ1) is 9.93. The Morgan fingerprint density at radius 1 is 1.43 bits per heavy atom. The van der Waals surface area contributed by atoms with E-state index in [-0.39, 0.29) is 17.8 Å². The minimum Gasteiger partial charge on any atom is -0.388 e. The summed E-state index contributed by atoms with van der Waals surface area (Å²) >= 11 is 1.64. The van der Waals surface area contributed by atoms with E-state index in [0.29, 0.717) is 18.4 Å². The normalized spacial score (nSPS) is 15.3. The van der Waals surface area contributed by atoms with Crippen molar-refractivity contribution in [1.82, 2.24) is 5.32 Å². The third kappa shape index (κ3) is 6.46. The topological polar surface area (TPSA) is 75.4 Å². The average Bonchev–Trinajstić information content (AvgIpc) is 2.45. The summed E-state index contributed by atoms with van der Waals surface area (Å²) in [7, 11) is 0. The highest BCUT2D eigenvalue weighted by Gasteiger charge is 2.18. The minimum absolute atomic E-state index is 0.206. The van der Waals surface area contributed by atoms with Crippen molar-refractivity contribution in [1.29, 1.82) is 0 Å². The molecule has 0 spiro atoms. The van der Waals surface area contributed by atoms with E-state index in [1.165, 1.54) is 12.1 Å². The van der Waals surface area contributed by atoms with E-state index in [2.05, 4.69) is 5.32 Å². The predicted octanol–water partition coefficient (Wildman–Crippen LogP) is 1.83. The maximum Gasteiger partial charge on any atom is 0.237 e. The lowest BCUT2D eigenvalue weighted by molar-refractivity contribution is -0.123. The van der Waals surface area contributed by atoms with Gasteiger partial charge in [-0.15, -0.1) is 0 Å². The Balaban J connectivity index is 2.43. The number of rotatable bonds is 8. The largest absolute Gasteiger partial charge is 0.388 e. The van der Waals surface area contributed by atoms with Gasteiger partial charge in [0.1, 0.15) is 5.82 Å². The molecule has 6 heteroatoms. The summed E-state index contributed by atoms with van der Waals surface area (Å²) in [6.45, 7) is 1.81. The molecule has 1 aromatic carbocycles. The van der Waals surface area contributed by atoms with Crippen LogP contribution < -0.4 is 11.1 Å². The van der Waals surface area contributed by atoms with Crippen molar-refractivity contribution in [2.75, 3.05) is 12.0 Å². The Morgan fingerprint density at radius 3 is 2.62 bits per heavy atom. The van der Waals surface area contributed by atoms with Gasteiger partial charge in [0, 0.05) is 6.04 Å². The molecular formula is C15H23FN2O2S. The van der Waals surface area contributed by atoms with Crippen molar-refractivity contribution in [3.8, 4) is 0 Å². The number of hydrogen-bond donors (Lipinski definition) is 3. The zero-order valence-corrected chi connectivity index (χ0v) is 13.2. The van der Waals surface area contributed by atoms with Crippen LogP contribution in [0.25, 0.3) is 0 Å². The molecule has 1 rings (SSSR count). The Labute approximate surface area is 129 Å². The lowest BCUT2D eigenvalue weighted by Gasteiger charge is -2.20. The Hall–Kier alpha value is -1.11. The van der Waals surface area contributed by atoms with Gasteiger partial charge in [0.05, 0.1) is 12.1 Å². The number of carbonyl (C=O) groups is 1. The van der Waals surface area contributed by atoms with Gasteiger partial charge in [-0.3, -0.25) is 4.79 Å². The molecular weight excluding hydrogens is 291 g/mol. The van der Waals surface area contributed by atoms with Gasteiger partial charge in [0.25, 0.3) is 0 Å². The first kappa shape index (κ1) is 17.9. The quantitative estimate of drug-likeness (QED) is 0.684. The first-order valence-corrected chi connectivity index (χ1v) is 8.31. The van der Waals surface area contributed by atoms with Crippen LogP contribution >= 0.6 is 11.8 Å². The molecule has 0 radical (unpaired) electrons. The van der Waals surface area contributed by atoms with E-state index in [1.807, 2.05) is 13.2 Å². The number of benzene rings is 1. The Bertz CT molecular complexity index is 442. The van der Waals surface area contributed by atoms with Gasteiger partial charge >= 0.3 is 0 Å². The van der Waals surface area contributed by atoms with E-state index in [0.717, 1.165) is 5.75 Å². The molecule has 0 aromatic heterocycles. The number of nitrogens with one attached hydrogen (secondary N) is 1. The fourth-order valence-electron chi connectivity index (χ4n) is 1.94. The highest BCUT2D eigenvalue weighted by Crippen LogP contribution is 2.18. The van der Waals surface area contributed by atoms with Crippen molar-refractivity contribution in [3.05, 3.63) is 35.6 Å². The predicted molar refractivity (Wildman–Crippen MR) is 84.6 cm³/mol. The molecule has 0 fully saturated rings. The lowest BCUT2D eigenvalue weighted by Crippen LogP contribution is -2.45. The van der Waals surface area contributed by atoms with Crippen LogP contribution in [-0.4, -0.2) is 35.1 Å². The maximum atomic E-state index is 12.8. The molecule has 118 valence electrons. The standard InChI is InChI=1S/C15H23FN2O2S/c1-10(18-15(20)13(17)7-8-21-2)9-14(19)11-3-5-12(16)6-4-11/h3-6,10,13-14,19H,7-9,17H2,1-2H3,(H,18,20)/t10?,13-,14?/m0/s1. The summed E-state index contributed by atoms with van der Waals surface area (Å²) in [5, 5.41) is 12.9. The Morgan fingerprint density at radius 2 is 2.05 bits per heavy atom. The molecule has 3 atom stereocenters. The molecule has 21 heavy (non-hydrogen) atoms. The SMILES string of the molecule is CSCC[C@H](N)C(=O)NC(C)CC(O)c1ccc(F)cc1. The summed E-state index contributed by atoms with van der Waals surface area (Å²) in [4.78, 5) is 11.8. The third-order valence-corrected chi connectivity index (χ3v) is 3.83. The van der Waals surface area contributed by atoms with Gasteiger partial charge < -0.3 is 16.2 Å². The van der Waals surface area contributed by atoms with Crippen molar-refractivity contribution >= 4 is 17.7 Å². The molecule has 0 saturated carbocycles. The summed E-state index contributed by atoms with van der Waals surface area (Å²) in [6, 6.07) is 4.96. The van der Waals surface area contributed by atoms with Gasteiger partial charge in [-0.05, 0) is 49.5 Å². The first-order valence-electron chi connectivity index (χ1n) is 6.92. The highest BCUT2D eigenvalue weighted by atomic mass is 32.2. The molecule has 0 saturated heterocycles. The lowest BCUT2D eigenvalue weighted by atomic mass is 10.0. The molecule has 4 N–H and O–H groups in total. The van der Waals surface area contributed by atoms with E-state index in [1.54, 1.807) is 23.9 Å². The number of aliphatic hydroxyl groups is 1. The van der Waals surface area contributed by atoms with E-state index in [9.17, 15) is 14.3 Å². The van der Waals surface area contributed by atoms with Crippen LogP contribution in [-0.2, 0) is 4.79 Å². The Kier molecular flexibility index (Phi) is 7.71.